The molecule has 0 spiro atoms. The van der Waals surface area contributed by atoms with Crippen molar-refractivity contribution in [2.75, 3.05) is 0 Å². The van der Waals surface area contributed by atoms with Gasteiger partial charge >= 0.3 is 5.97 Å². The fourth-order valence-electron chi connectivity index (χ4n) is 1.47. The van der Waals surface area contributed by atoms with E-state index >= 15 is 0 Å². The van der Waals surface area contributed by atoms with E-state index in [1.807, 2.05) is 18.4 Å². The van der Waals surface area contributed by atoms with Gasteiger partial charge in [-0.25, -0.2) is 0 Å². The molecule has 1 rings (SSSR count). The van der Waals surface area contributed by atoms with Crippen LogP contribution in [0, 0.1) is 18.8 Å². The molecular weight excluding hydrogens is 212 g/mol. The van der Waals surface area contributed by atoms with Crippen LogP contribution in [0.5, 0.6) is 0 Å². The quantitative estimate of drug-likeness (QED) is 0.634. The van der Waals surface area contributed by atoms with Gasteiger partial charge in [0.25, 0.3) is 0 Å². The van der Waals surface area contributed by atoms with Gasteiger partial charge in [0.15, 0.2) is 5.78 Å². The van der Waals surface area contributed by atoms with E-state index in [-0.39, 0.29) is 11.7 Å². The predicted octanol–water partition coefficient (Wildman–Crippen LogP) is 2.60. The highest BCUT2D eigenvalue weighted by molar-refractivity contribution is 7.12. The van der Waals surface area contributed by atoms with E-state index in [9.17, 15) is 9.59 Å². The topological polar surface area (TPSA) is 54.4 Å². The van der Waals surface area contributed by atoms with Crippen LogP contribution >= 0.6 is 11.3 Å². The van der Waals surface area contributed by atoms with Gasteiger partial charge in [-0.15, -0.1) is 11.3 Å². The van der Waals surface area contributed by atoms with Crippen LogP contribution in [0.1, 0.15) is 29.1 Å². The first-order valence-corrected chi connectivity index (χ1v) is 5.64. The Morgan fingerprint density at radius 3 is 2.33 bits per heavy atom. The maximum atomic E-state index is 11.9. The van der Waals surface area contributed by atoms with Crippen molar-refractivity contribution in [2.45, 2.75) is 20.8 Å². The summed E-state index contributed by atoms with van der Waals surface area (Å²) in [6.07, 6.45) is 0. The molecule has 0 fully saturated rings. The van der Waals surface area contributed by atoms with Gasteiger partial charge in [-0.05, 0) is 29.9 Å². The number of carbonyl (C=O) groups is 2. The van der Waals surface area contributed by atoms with E-state index in [2.05, 4.69) is 0 Å². The smallest absolute Gasteiger partial charge is 0.314 e. The summed E-state index contributed by atoms with van der Waals surface area (Å²) in [5.74, 6) is -2.42. The van der Waals surface area contributed by atoms with Crippen molar-refractivity contribution in [3.63, 3.8) is 0 Å². The average molecular weight is 226 g/mol. The molecule has 0 saturated heterocycles. The Bertz CT molecular complexity index is 379. The van der Waals surface area contributed by atoms with E-state index in [4.69, 9.17) is 5.11 Å². The van der Waals surface area contributed by atoms with Crippen LogP contribution < -0.4 is 0 Å². The normalized spacial score (nSPS) is 12.8. The van der Waals surface area contributed by atoms with E-state index in [1.165, 1.54) is 11.3 Å². The molecule has 1 N–H and O–H groups in total. The lowest BCUT2D eigenvalue weighted by molar-refractivity contribution is -0.141. The zero-order valence-corrected chi connectivity index (χ0v) is 9.80. The molecule has 0 saturated carbocycles. The van der Waals surface area contributed by atoms with Crippen LogP contribution in [0.3, 0.4) is 0 Å². The van der Waals surface area contributed by atoms with Gasteiger partial charge in [-0.3, -0.25) is 9.59 Å². The van der Waals surface area contributed by atoms with Gasteiger partial charge in [0.1, 0.15) is 5.92 Å². The number of thiophene rings is 1. The highest BCUT2D eigenvalue weighted by Gasteiger charge is 2.31. The first-order valence-electron chi connectivity index (χ1n) is 4.76. The monoisotopic (exact) mass is 226 g/mol. The standard InChI is InChI=1S/C11H14O3S/c1-6(2)8(11(13)14)9(12)10-7(3)4-5-15-10/h4-6,8H,1-3H3,(H,13,14). The Labute approximate surface area is 92.7 Å². The minimum Gasteiger partial charge on any atom is -0.481 e. The fraction of sp³-hybridized carbons (Fsp3) is 0.455. The second-order valence-corrected chi connectivity index (χ2v) is 4.77. The van der Waals surface area contributed by atoms with Crippen molar-refractivity contribution >= 4 is 23.1 Å². The van der Waals surface area contributed by atoms with Gasteiger partial charge in [0.05, 0.1) is 4.88 Å². The molecule has 0 aromatic carbocycles. The number of Topliss-reactive ketones (excluding diaryl/α,β-unsaturated/α-hetero) is 1. The van der Waals surface area contributed by atoms with Crippen LogP contribution in [0.2, 0.25) is 0 Å². The van der Waals surface area contributed by atoms with Crippen LogP contribution in [0.25, 0.3) is 0 Å². The molecule has 0 radical (unpaired) electrons. The Kier molecular flexibility index (Phi) is 3.63. The number of carboxylic acids is 1. The van der Waals surface area contributed by atoms with Crippen LogP contribution in [0.15, 0.2) is 11.4 Å². The molecule has 0 amide bonds. The first kappa shape index (κ1) is 11.9. The summed E-state index contributed by atoms with van der Waals surface area (Å²) in [7, 11) is 0. The second-order valence-electron chi connectivity index (χ2n) is 3.86. The SMILES string of the molecule is Cc1ccsc1C(=O)C(C(=O)O)C(C)C. The molecule has 1 aromatic heterocycles. The van der Waals surface area contributed by atoms with Crippen molar-refractivity contribution in [2.24, 2.45) is 11.8 Å². The maximum Gasteiger partial charge on any atom is 0.314 e. The number of aryl methyl sites for hydroxylation is 1. The summed E-state index contributed by atoms with van der Waals surface area (Å²) >= 11 is 1.31. The van der Waals surface area contributed by atoms with Gasteiger partial charge in [-0.1, -0.05) is 13.8 Å². The van der Waals surface area contributed by atoms with Crippen LogP contribution in [-0.4, -0.2) is 16.9 Å². The van der Waals surface area contributed by atoms with Crippen molar-refractivity contribution in [3.8, 4) is 0 Å². The molecule has 1 heterocycles. The molecule has 4 heteroatoms. The minimum absolute atomic E-state index is 0.184. The zero-order chi connectivity index (χ0) is 11.6. The van der Waals surface area contributed by atoms with E-state index in [0.717, 1.165) is 5.56 Å². The van der Waals surface area contributed by atoms with Gasteiger partial charge in [-0.2, -0.15) is 0 Å². The molecule has 0 aliphatic carbocycles. The number of carbonyl (C=O) groups excluding carboxylic acids is 1. The molecule has 1 unspecified atom stereocenters. The second kappa shape index (κ2) is 4.57. The van der Waals surface area contributed by atoms with Crippen molar-refractivity contribution in [1.82, 2.24) is 0 Å². The lowest BCUT2D eigenvalue weighted by Crippen LogP contribution is -2.28. The molecule has 3 nitrogen and oxygen atoms in total. The number of aliphatic carboxylic acids is 1. The summed E-state index contributed by atoms with van der Waals surface area (Å²) in [5.41, 5.74) is 0.858. The summed E-state index contributed by atoms with van der Waals surface area (Å²) in [6.45, 7) is 5.32. The van der Waals surface area contributed by atoms with E-state index in [1.54, 1.807) is 13.8 Å². The number of hydrogen-bond donors (Lipinski definition) is 1. The zero-order valence-electron chi connectivity index (χ0n) is 8.98. The summed E-state index contributed by atoms with van der Waals surface area (Å²) in [4.78, 5) is 23.5. The maximum absolute atomic E-state index is 11.9. The van der Waals surface area contributed by atoms with Crippen LogP contribution in [-0.2, 0) is 4.79 Å². The molecule has 0 aliphatic heterocycles. The Balaban J connectivity index is 3.02. The highest BCUT2D eigenvalue weighted by Crippen LogP contribution is 2.24. The summed E-state index contributed by atoms with van der Waals surface area (Å²) < 4.78 is 0. The summed E-state index contributed by atoms with van der Waals surface area (Å²) in [5, 5.41) is 10.8. The molecule has 15 heavy (non-hydrogen) atoms. The highest BCUT2D eigenvalue weighted by atomic mass is 32.1. The van der Waals surface area contributed by atoms with Crippen LogP contribution in [0.4, 0.5) is 0 Å². The van der Waals surface area contributed by atoms with Gasteiger partial charge in [0.2, 0.25) is 0 Å². The van der Waals surface area contributed by atoms with E-state index in [0.29, 0.717) is 4.88 Å². The summed E-state index contributed by atoms with van der Waals surface area (Å²) in [6, 6.07) is 1.83. The van der Waals surface area contributed by atoms with Crippen molar-refractivity contribution in [3.05, 3.63) is 21.9 Å². The Morgan fingerprint density at radius 1 is 1.40 bits per heavy atom. The van der Waals surface area contributed by atoms with Gasteiger partial charge < -0.3 is 5.11 Å². The Hall–Kier alpha value is -1.16. The number of carboxylic acid groups (broad SMARTS) is 1. The van der Waals surface area contributed by atoms with E-state index < -0.39 is 11.9 Å². The van der Waals surface area contributed by atoms with Crippen molar-refractivity contribution < 1.29 is 14.7 Å². The third-order valence-electron chi connectivity index (χ3n) is 2.30. The fourth-order valence-corrected chi connectivity index (χ4v) is 2.37. The average Bonchev–Trinajstić information content (AvgIpc) is 2.49. The first-order chi connectivity index (χ1) is 6.95. The lowest BCUT2D eigenvalue weighted by Gasteiger charge is -2.14. The predicted molar refractivity (Wildman–Crippen MR) is 59.4 cm³/mol. The Morgan fingerprint density at radius 2 is 2.00 bits per heavy atom. The molecule has 82 valence electrons. The number of rotatable bonds is 4. The molecule has 0 bridgehead atoms. The van der Waals surface area contributed by atoms with Gasteiger partial charge in [0, 0.05) is 0 Å². The third kappa shape index (κ3) is 2.45. The number of hydrogen-bond acceptors (Lipinski definition) is 3. The molecule has 1 atom stereocenters. The van der Waals surface area contributed by atoms with Crippen molar-refractivity contribution in [1.29, 1.82) is 0 Å². The molecular formula is C11H14O3S. The lowest BCUT2D eigenvalue weighted by atomic mass is 9.90. The molecule has 1 aromatic rings. The third-order valence-corrected chi connectivity index (χ3v) is 3.33. The number of ketones is 1. The minimum atomic E-state index is -1.04. The molecule has 0 aliphatic rings. The largest absolute Gasteiger partial charge is 0.481 e.